The van der Waals surface area contributed by atoms with Gasteiger partial charge in [-0.2, -0.15) is 23.5 Å². The largest absolute Gasteiger partial charge is 0.484 e. The number of halogens is 3. The molecule has 6 heterocycles. The topological polar surface area (TPSA) is 106 Å². The van der Waals surface area contributed by atoms with Gasteiger partial charge in [-0.15, -0.1) is 5.10 Å². The van der Waals surface area contributed by atoms with Crippen LogP contribution in [0.4, 0.5) is 13.2 Å². The van der Waals surface area contributed by atoms with Crippen molar-refractivity contribution in [3.63, 3.8) is 0 Å². The van der Waals surface area contributed by atoms with Crippen LogP contribution in [0.5, 0.6) is 5.75 Å². The first-order chi connectivity index (χ1) is 19.7. The highest BCUT2D eigenvalue weighted by atomic mass is 19.4. The summed E-state index contributed by atoms with van der Waals surface area (Å²) in [7, 11) is 0. The Morgan fingerprint density at radius 1 is 1.12 bits per heavy atom. The van der Waals surface area contributed by atoms with Gasteiger partial charge in [0.05, 0.1) is 42.8 Å². The Balaban J connectivity index is 1.31. The van der Waals surface area contributed by atoms with Gasteiger partial charge < -0.3 is 9.47 Å². The van der Waals surface area contributed by atoms with Gasteiger partial charge in [-0.1, -0.05) is 5.21 Å². The van der Waals surface area contributed by atoms with Gasteiger partial charge in [-0.05, 0) is 51.8 Å². The van der Waals surface area contributed by atoms with Crippen LogP contribution >= 0.6 is 0 Å². The Kier molecular flexibility index (Phi) is 7.13. The van der Waals surface area contributed by atoms with Crippen LogP contribution < -0.4 is 4.74 Å². The fourth-order valence-corrected chi connectivity index (χ4v) is 5.58. The number of fused-ring (bicyclic) bond motifs is 1. The van der Waals surface area contributed by atoms with Gasteiger partial charge in [0, 0.05) is 36.3 Å². The van der Waals surface area contributed by atoms with Crippen molar-refractivity contribution in [1.29, 1.82) is 5.26 Å². The highest BCUT2D eigenvalue weighted by Crippen LogP contribution is 2.36. The minimum Gasteiger partial charge on any atom is -0.484 e. The highest BCUT2D eigenvalue weighted by molar-refractivity contribution is 5.74. The standard InChI is InChI=1S/C28H29F3N8O2/c1-17-26(35-36-39(17)23-4-3-6-37(7-5-23)24-15-40-16-24)20-9-25(27-21(10-32)12-34-38(27)14-20)41-18(2)19-8-22(13-33-11-19)28(29,30)31/h8-9,11-14,18,23-24H,3-7,15-16H2,1-2H3/t18?,23-/m1/s1. The van der Waals surface area contributed by atoms with E-state index >= 15 is 0 Å². The summed E-state index contributed by atoms with van der Waals surface area (Å²) in [6.45, 7) is 7.23. The Hall–Kier alpha value is -4.02. The molecular formula is C28H29F3N8O2. The summed E-state index contributed by atoms with van der Waals surface area (Å²) in [6, 6.07) is 5.58. The lowest BCUT2D eigenvalue weighted by Crippen LogP contribution is -2.49. The molecule has 1 unspecified atom stereocenters. The molecule has 2 aliphatic heterocycles. The van der Waals surface area contributed by atoms with Crippen LogP contribution in [0.15, 0.2) is 36.9 Å². The fourth-order valence-electron chi connectivity index (χ4n) is 5.58. The van der Waals surface area contributed by atoms with E-state index in [9.17, 15) is 18.4 Å². The summed E-state index contributed by atoms with van der Waals surface area (Å²) in [6.07, 6.45) is 2.99. The molecule has 4 aromatic rings. The van der Waals surface area contributed by atoms with E-state index in [0.717, 1.165) is 63.5 Å². The molecule has 6 rings (SSSR count). The Morgan fingerprint density at radius 2 is 1.95 bits per heavy atom. The van der Waals surface area contributed by atoms with Crippen molar-refractivity contribution in [1.82, 2.24) is 34.5 Å². The van der Waals surface area contributed by atoms with Gasteiger partial charge in [0.15, 0.2) is 0 Å². The van der Waals surface area contributed by atoms with Crippen molar-refractivity contribution >= 4 is 5.52 Å². The molecule has 0 radical (unpaired) electrons. The van der Waals surface area contributed by atoms with E-state index in [1.54, 1.807) is 19.2 Å². The molecule has 2 fully saturated rings. The summed E-state index contributed by atoms with van der Waals surface area (Å²) in [5.74, 6) is 0.295. The minimum atomic E-state index is -4.53. The van der Waals surface area contributed by atoms with E-state index in [-0.39, 0.29) is 17.2 Å². The quantitative estimate of drug-likeness (QED) is 0.329. The van der Waals surface area contributed by atoms with Crippen LogP contribution in [-0.2, 0) is 10.9 Å². The van der Waals surface area contributed by atoms with Gasteiger partial charge in [0.2, 0.25) is 0 Å². The van der Waals surface area contributed by atoms with E-state index in [4.69, 9.17) is 9.47 Å². The predicted molar refractivity (Wildman–Crippen MR) is 141 cm³/mol. The molecule has 0 amide bonds. The maximum Gasteiger partial charge on any atom is 0.417 e. The number of pyridine rings is 2. The van der Waals surface area contributed by atoms with Gasteiger partial charge in [0.25, 0.3) is 0 Å². The Bertz CT molecular complexity index is 1600. The fraction of sp³-hybridized carbons (Fsp3) is 0.464. The molecule has 10 nitrogen and oxygen atoms in total. The molecule has 0 spiro atoms. The lowest BCUT2D eigenvalue weighted by Gasteiger charge is -2.36. The van der Waals surface area contributed by atoms with E-state index < -0.39 is 17.8 Å². The van der Waals surface area contributed by atoms with Gasteiger partial charge in [0.1, 0.15) is 34.7 Å². The van der Waals surface area contributed by atoms with E-state index in [1.807, 2.05) is 11.6 Å². The second kappa shape index (κ2) is 10.8. The van der Waals surface area contributed by atoms with Crippen LogP contribution in [0.3, 0.4) is 0 Å². The molecule has 13 heteroatoms. The first-order valence-corrected chi connectivity index (χ1v) is 13.6. The normalized spacial score (nSPS) is 19.5. The summed E-state index contributed by atoms with van der Waals surface area (Å²) >= 11 is 0. The lowest BCUT2D eigenvalue weighted by atomic mass is 10.1. The van der Waals surface area contributed by atoms with Crippen molar-refractivity contribution in [2.24, 2.45) is 0 Å². The Labute approximate surface area is 234 Å². The number of hydrogen-bond donors (Lipinski definition) is 0. The second-order valence-corrected chi connectivity index (χ2v) is 10.6. The van der Waals surface area contributed by atoms with Gasteiger partial charge in [-0.25, -0.2) is 9.20 Å². The monoisotopic (exact) mass is 566 g/mol. The number of nitriles is 1. The van der Waals surface area contributed by atoms with Crippen LogP contribution in [-0.4, -0.2) is 66.8 Å². The van der Waals surface area contributed by atoms with Crippen molar-refractivity contribution in [2.45, 2.75) is 57.5 Å². The average Bonchev–Trinajstić information content (AvgIpc) is 3.43. The molecule has 0 bridgehead atoms. The number of aromatic nitrogens is 6. The number of alkyl halides is 3. The van der Waals surface area contributed by atoms with Gasteiger partial charge >= 0.3 is 6.18 Å². The van der Waals surface area contributed by atoms with Crippen LogP contribution in [0.25, 0.3) is 16.8 Å². The van der Waals surface area contributed by atoms with Crippen molar-refractivity contribution in [3.8, 4) is 23.1 Å². The highest BCUT2D eigenvalue weighted by Gasteiger charge is 2.32. The summed E-state index contributed by atoms with van der Waals surface area (Å²) in [5, 5.41) is 23.0. The summed E-state index contributed by atoms with van der Waals surface area (Å²) in [4.78, 5) is 6.25. The maximum atomic E-state index is 13.3. The third-order valence-corrected chi connectivity index (χ3v) is 7.97. The minimum absolute atomic E-state index is 0.213. The van der Waals surface area contributed by atoms with Crippen molar-refractivity contribution in [3.05, 3.63) is 59.3 Å². The van der Waals surface area contributed by atoms with Crippen molar-refractivity contribution < 1.29 is 22.6 Å². The zero-order chi connectivity index (χ0) is 28.7. The molecular weight excluding hydrogens is 537 g/mol. The number of hydrogen-bond acceptors (Lipinski definition) is 8. The van der Waals surface area contributed by atoms with E-state index in [1.165, 1.54) is 16.9 Å². The molecule has 0 saturated carbocycles. The Morgan fingerprint density at radius 3 is 2.68 bits per heavy atom. The molecule has 0 aromatic carbocycles. The van der Waals surface area contributed by atoms with Crippen LogP contribution in [0, 0.1) is 18.3 Å². The zero-order valence-corrected chi connectivity index (χ0v) is 22.7. The van der Waals surface area contributed by atoms with E-state index in [2.05, 4.69) is 31.4 Å². The first-order valence-electron chi connectivity index (χ1n) is 13.6. The number of ether oxygens (including phenoxy) is 2. The molecule has 0 N–H and O–H groups in total. The second-order valence-electron chi connectivity index (χ2n) is 10.6. The number of likely N-dealkylation sites (tertiary alicyclic amines) is 1. The summed E-state index contributed by atoms with van der Waals surface area (Å²) < 4.78 is 54.9. The van der Waals surface area contributed by atoms with Crippen LogP contribution in [0.2, 0.25) is 0 Å². The summed E-state index contributed by atoms with van der Waals surface area (Å²) in [5.41, 5.74) is 2.29. The first kappa shape index (κ1) is 27.2. The van der Waals surface area contributed by atoms with Crippen LogP contribution in [0.1, 0.15) is 60.7 Å². The SMILES string of the molecule is Cc1c(-c2cc(OC(C)c3cncc(C(F)(F)F)c3)c3c(C#N)cnn3c2)nnn1[C@@H]1CCCN(C2COC2)CC1. The molecule has 2 saturated heterocycles. The van der Waals surface area contributed by atoms with E-state index in [0.29, 0.717) is 28.6 Å². The third-order valence-electron chi connectivity index (χ3n) is 7.97. The van der Waals surface area contributed by atoms with Crippen molar-refractivity contribution in [2.75, 3.05) is 26.3 Å². The number of nitrogens with zero attached hydrogens (tertiary/aromatic N) is 8. The predicted octanol–water partition coefficient (Wildman–Crippen LogP) is 4.75. The molecule has 214 valence electrons. The molecule has 2 atom stereocenters. The third kappa shape index (κ3) is 5.25. The number of rotatable bonds is 6. The lowest BCUT2D eigenvalue weighted by molar-refractivity contribution is -0.137. The molecule has 2 aliphatic rings. The smallest absolute Gasteiger partial charge is 0.417 e. The zero-order valence-electron chi connectivity index (χ0n) is 22.7. The molecule has 0 aliphatic carbocycles. The molecule has 41 heavy (non-hydrogen) atoms. The van der Waals surface area contributed by atoms with Gasteiger partial charge in [-0.3, -0.25) is 9.88 Å². The average molecular weight is 567 g/mol. The maximum absolute atomic E-state index is 13.3. The molecule has 4 aromatic heterocycles.